The fourth-order valence-electron chi connectivity index (χ4n) is 3.42. The van der Waals surface area contributed by atoms with E-state index in [0.717, 1.165) is 30.7 Å². The second-order valence-corrected chi connectivity index (χ2v) is 7.14. The summed E-state index contributed by atoms with van der Waals surface area (Å²) in [6, 6.07) is 7.60. The molecule has 1 aromatic rings. The number of hydrogen-bond acceptors (Lipinski definition) is 3. The summed E-state index contributed by atoms with van der Waals surface area (Å²) in [7, 11) is 0. The van der Waals surface area contributed by atoms with Gasteiger partial charge in [0.15, 0.2) is 0 Å². The molecule has 24 heavy (non-hydrogen) atoms. The van der Waals surface area contributed by atoms with Crippen LogP contribution < -0.4 is 5.32 Å². The molecule has 0 spiro atoms. The Hall–Kier alpha value is -1.88. The maximum atomic E-state index is 12.9. The molecule has 5 nitrogen and oxygen atoms in total. The van der Waals surface area contributed by atoms with Gasteiger partial charge in [-0.25, -0.2) is 0 Å². The maximum Gasteiger partial charge on any atom is 0.230 e. The van der Waals surface area contributed by atoms with E-state index in [1.807, 2.05) is 29.2 Å². The van der Waals surface area contributed by atoms with Crippen LogP contribution in [0.3, 0.4) is 0 Å². The summed E-state index contributed by atoms with van der Waals surface area (Å²) >= 11 is 0. The van der Waals surface area contributed by atoms with Crippen molar-refractivity contribution < 1.29 is 14.3 Å². The first-order valence-electron chi connectivity index (χ1n) is 8.83. The number of para-hydroxylation sites is 1. The highest BCUT2D eigenvalue weighted by Gasteiger charge is 2.34. The van der Waals surface area contributed by atoms with Crippen LogP contribution in [0.4, 0.5) is 5.69 Å². The van der Waals surface area contributed by atoms with Gasteiger partial charge in [0.05, 0.1) is 12.0 Å². The number of nitrogens with one attached hydrogen (secondary N) is 1. The summed E-state index contributed by atoms with van der Waals surface area (Å²) in [6.07, 6.45) is 2.23. The zero-order chi connectivity index (χ0) is 17.1. The molecule has 1 fully saturated rings. The standard InChI is InChI=1S/C19H26N2O3/c1-13(2)12-24-14-7-9-21(10-8-14)19(23)16-11-18(22)20-17-6-4-3-5-15(16)17/h3-6,13-14,16H,7-12H2,1-2H3,(H,20,22)/t16-/m1/s1. The first kappa shape index (κ1) is 17.0. The van der Waals surface area contributed by atoms with Gasteiger partial charge in [-0.2, -0.15) is 0 Å². The molecule has 0 aromatic heterocycles. The SMILES string of the molecule is CC(C)COC1CCN(C(=O)[C@@H]2CC(=O)Nc3ccccc32)CC1. The summed E-state index contributed by atoms with van der Waals surface area (Å²) in [5.74, 6) is 0.159. The van der Waals surface area contributed by atoms with Gasteiger partial charge in [-0.15, -0.1) is 0 Å². The lowest BCUT2D eigenvalue weighted by Gasteiger charge is -2.35. The molecule has 1 aromatic carbocycles. The van der Waals surface area contributed by atoms with E-state index in [1.54, 1.807) is 0 Å². The van der Waals surface area contributed by atoms with Crippen molar-refractivity contribution in [2.24, 2.45) is 5.92 Å². The van der Waals surface area contributed by atoms with Gasteiger partial charge < -0.3 is 15.0 Å². The minimum Gasteiger partial charge on any atom is -0.378 e. The summed E-state index contributed by atoms with van der Waals surface area (Å²) in [5.41, 5.74) is 1.70. The number of piperidine rings is 1. The molecule has 2 aliphatic rings. The average Bonchev–Trinajstić information content (AvgIpc) is 2.59. The second kappa shape index (κ2) is 7.34. The molecule has 0 bridgehead atoms. The lowest BCUT2D eigenvalue weighted by Crippen LogP contribution is -2.44. The molecule has 0 radical (unpaired) electrons. The van der Waals surface area contributed by atoms with E-state index in [1.165, 1.54) is 0 Å². The largest absolute Gasteiger partial charge is 0.378 e. The van der Waals surface area contributed by atoms with Crippen molar-refractivity contribution in [2.75, 3.05) is 25.0 Å². The maximum absolute atomic E-state index is 12.9. The Balaban J connectivity index is 1.63. The highest BCUT2D eigenvalue weighted by molar-refractivity contribution is 6.01. The molecule has 5 heteroatoms. The van der Waals surface area contributed by atoms with E-state index in [9.17, 15) is 9.59 Å². The van der Waals surface area contributed by atoms with E-state index in [0.29, 0.717) is 19.0 Å². The smallest absolute Gasteiger partial charge is 0.230 e. The molecule has 1 N–H and O–H groups in total. The lowest BCUT2D eigenvalue weighted by molar-refractivity contribution is -0.137. The zero-order valence-electron chi connectivity index (χ0n) is 14.5. The number of ether oxygens (including phenoxy) is 1. The van der Waals surface area contributed by atoms with Crippen LogP contribution in [0.1, 0.15) is 44.6 Å². The van der Waals surface area contributed by atoms with E-state index in [4.69, 9.17) is 4.74 Å². The number of rotatable bonds is 4. The molecule has 1 atom stereocenters. The molecule has 0 saturated carbocycles. The van der Waals surface area contributed by atoms with Gasteiger partial charge >= 0.3 is 0 Å². The molecular weight excluding hydrogens is 304 g/mol. The third-order valence-corrected chi connectivity index (χ3v) is 4.72. The van der Waals surface area contributed by atoms with Crippen LogP contribution >= 0.6 is 0 Å². The van der Waals surface area contributed by atoms with E-state index >= 15 is 0 Å². The third kappa shape index (κ3) is 3.78. The number of fused-ring (bicyclic) bond motifs is 1. The van der Waals surface area contributed by atoms with Crippen molar-refractivity contribution in [3.05, 3.63) is 29.8 Å². The Morgan fingerprint density at radius 2 is 2.00 bits per heavy atom. The fourth-order valence-corrected chi connectivity index (χ4v) is 3.42. The third-order valence-electron chi connectivity index (χ3n) is 4.72. The molecule has 0 aliphatic carbocycles. The average molecular weight is 330 g/mol. The molecule has 2 amide bonds. The number of carbonyl (C=O) groups excluding carboxylic acids is 2. The predicted octanol–water partition coefficient (Wildman–Crippen LogP) is 2.78. The Bertz CT molecular complexity index is 606. The normalized spacial score (nSPS) is 21.5. The predicted molar refractivity (Wildman–Crippen MR) is 92.8 cm³/mol. The number of nitrogens with zero attached hydrogens (tertiary/aromatic N) is 1. The summed E-state index contributed by atoms with van der Waals surface area (Å²) < 4.78 is 5.89. The number of anilines is 1. The van der Waals surface area contributed by atoms with Crippen LogP contribution in [0.15, 0.2) is 24.3 Å². The van der Waals surface area contributed by atoms with E-state index < -0.39 is 0 Å². The van der Waals surface area contributed by atoms with Gasteiger partial charge in [0.2, 0.25) is 11.8 Å². The van der Waals surface area contributed by atoms with Crippen LogP contribution in [-0.4, -0.2) is 42.5 Å². The zero-order valence-corrected chi connectivity index (χ0v) is 14.5. The van der Waals surface area contributed by atoms with Crippen LogP contribution in [0, 0.1) is 5.92 Å². The van der Waals surface area contributed by atoms with Gasteiger partial charge in [-0.3, -0.25) is 9.59 Å². The van der Waals surface area contributed by atoms with Crippen molar-refractivity contribution >= 4 is 17.5 Å². The second-order valence-electron chi connectivity index (χ2n) is 7.14. The highest BCUT2D eigenvalue weighted by Crippen LogP contribution is 2.34. The number of amides is 2. The summed E-state index contributed by atoms with van der Waals surface area (Å²) in [4.78, 5) is 26.8. The van der Waals surface area contributed by atoms with Crippen LogP contribution in [-0.2, 0) is 14.3 Å². The Morgan fingerprint density at radius 1 is 1.29 bits per heavy atom. The molecule has 0 unspecified atom stereocenters. The van der Waals surface area contributed by atoms with E-state index in [2.05, 4.69) is 19.2 Å². The van der Waals surface area contributed by atoms with Gasteiger partial charge in [0, 0.05) is 31.8 Å². The van der Waals surface area contributed by atoms with Gasteiger partial charge in [0.1, 0.15) is 0 Å². The number of carbonyl (C=O) groups is 2. The van der Waals surface area contributed by atoms with E-state index in [-0.39, 0.29) is 30.3 Å². The van der Waals surface area contributed by atoms with Crippen LogP contribution in [0.2, 0.25) is 0 Å². The molecule has 3 rings (SSSR count). The van der Waals surface area contributed by atoms with Gasteiger partial charge in [-0.05, 0) is 30.4 Å². The van der Waals surface area contributed by atoms with Crippen LogP contribution in [0.5, 0.6) is 0 Å². The number of benzene rings is 1. The van der Waals surface area contributed by atoms with Crippen molar-refractivity contribution in [1.82, 2.24) is 4.90 Å². The summed E-state index contributed by atoms with van der Waals surface area (Å²) in [5, 5.41) is 2.85. The topological polar surface area (TPSA) is 58.6 Å². The Morgan fingerprint density at radius 3 is 2.71 bits per heavy atom. The first-order chi connectivity index (χ1) is 11.5. The molecule has 2 heterocycles. The van der Waals surface area contributed by atoms with Crippen molar-refractivity contribution in [3.63, 3.8) is 0 Å². The van der Waals surface area contributed by atoms with Crippen LogP contribution in [0.25, 0.3) is 0 Å². The van der Waals surface area contributed by atoms with Crippen molar-refractivity contribution in [2.45, 2.75) is 45.1 Å². The molecular formula is C19H26N2O3. The Labute approximate surface area is 143 Å². The molecule has 2 aliphatic heterocycles. The number of hydrogen-bond donors (Lipinski definition) is 1. The lowest BCUT2D eigenvalue weighted by atomic mass is 9.88. The first-order valence-corrected chi connectivity index (χ1v) is 8.83. The van der Waals surface area contributed by atoms with Gasteiger partial charge in [-0.1, -0.05) is 32.0 Å². The minimum absolute atomic E-state index is 0.0691. The molecule has 130 valence electrons. The fraction of sp³-hybridized carbons (Fsp3) is 0.579. The Kier molecular flexibility index (Phi) is 5.19. The van der Waals surface area contributed by atoms with Crippen molar-refractivity contribution in [1.29, 1.82) is 0 Å². The minimum atomic E-state index is -0.358. The monoisotopic (exact) mass is 330 g/mol. The van der Waals surface area contributed by atoms with Gasteiger partial charge in [0.25, 0.3) is 0 Å². The molecule has 1 saturated heterocycles. The number of likely N-dealkylation sites (tertiary alicyclic amines) is 1. The quantitative estimate of drug-likeness (QED) is 0.923. The summed E-state index contributed by atoms with van der Waals surface area (Å²) in [6.45, 7) is 6.48. The van der Waals surface area contributed by atoms with Crippen molar-refractivity contribution in [3.8, 4) is 0 Å². The highest BCUT2D eigenvalue weighted by atomic mass is 16.5.